The summed E-state index contributed by atoms with van der Waals surface area (Å²) < 4.78 is 12.1. The van der Waals surface area contributed by atoms with Gasteiger partial charge < -0.3 is 25.1 Å². The van der Waals surface area contributed by atoms with Crippen LogP contribution in [0.5, 0.6) is 0 Å². The topological polar surface area (TPSA) is 127 Å². The van der Waals surface area contributed by atoms with E-state index in [1.165, 1.54) is 41.8 Å². The summed E-state index contributed by atoms with van der Waals surface area (Å²) in [7, 11) is 1.36. The Morgan fingerprint density at radius 2 is 1.58 bits per heavy atom. The minimum atomic E-state index is -0.552. The van der Waals surface area contributed by atoms with Gasteiger partial charge in [0.15, 0.2) is 0 Å². The number of anilines is 2. The molecule has 9 nitrogen and oxygen atoms in total. The number of thiophene rings is 1. The molecule has 1 aliphatic carbocycles. The highest BCUT2D eigenvalue weighted by molar-refractivity contribution is 9.10. The highest BCUT2D eigenvalue weighted by atomic mass is 79.9. The summed E-state index contributed by atoms with van der Waals surface area (Å²) in [5.74, 6) is -0.371. The summed E-state index contributed by atoms with van der Waals surface area (Å²) in [6, 6.07) is 37.2. The molecule has 3 N–H and O–H groups in total. The van der Waals surface area contributed by atoms with E-state index in [1.807, 2.05) is 42.5 Å². The molecule has 0 saturated heterocycles. The lowest BCUT2D eigenvalue weighted by Gasteiger charge is -2.22. The van der Waals surface area contributed by atoms with Crippen molar-refractivity contribution >= 4 is 79.5 Å². The van der Waals surface area contributed by atoms with E-state index in [9.17, 15) is 19.2 Å². The van der Waals surface area contributed by atoms with E-state index in [0.29, 0.717) is 39.3 Å². The Kier molecular flexibility index (Phi) is 12.5. The average molecular weight is 861 g/mol. The van der Waals surface area contributed by atoms with Crippen molar-refractivity contribution in [3.05, 3.63) is 164 Å². The maximum Gasteiger partial charge on any atom is 0.341 e. The predicted molar refractivity (Wildman–Crippen MR) is 230 cm³/mol. The number of amides is 3. The number of rotatable bonds is 12. The number of carbonyl (C=O) groups excluding carboxylic acids is 4. The number of esters is 1. The molecule has 288 valence electrons. The second-order valence-corrected chi connectivity index (χ2v) is 16.8. The van der Waals surface area contributed by atoms with Crippen LogP contribution in [0.1, 0.15) is 61.7 Å². The third-order valence-corrected chi connectivity index (χ3v) is 12.3. The number of halogens is 1. The Balaban J connectivity index is 1.02. The smallest absolute Gasteiger partial charge is 0.341 e. The summed E-state index contributed by atoms with van der Waals surface area (Å²) >= 11 is 6.24. The number of nitrogens with one attached hydrogen (secondary N) is 3. The van der Waals surface area contributed by atoms with E-state index in [1.54, 1.807) is 73.7 Å². The van der Waals surface area contributed by atoms with Gasteiger partial charge in [0.1, 0.15) is 22.2 Å². The average Bonchev–Trinajstić information content (AvgIpc) is 3.85. The third kappa shape index (κ3) is 9.65. The first-order valence-electron chi connectivity index (χ1n) is 18.3. The molecule has 4 aromatic carbocycles. The molecule has 57 heavy (non-hydrogen) atoms. The number of benzene rings is 4. The van der Waals surface area contributed by atoms with Crippen LogP contribution in [0, 0.1) is 0 Å². The van der Waals surface area contributed by atoms with Crippen LogP contribution in [0.25, 0.3) is 17.4 Å². The first-order chi connectivity index (χ1) is 27.6. The molecular formula is C45H38BrN3O6S2. The minimum Gasteiger partial charge on any atom is -0.465 e. The number of thioether (sulfide) groups is 1. The Bertz CT molecular complexity index is 2430. The maximum absolute atomic E-state index is 13.7. The summed E-state index contributed by atoms with van der Waals surface area (Å²) in [5, 5.41) is 8.62. The largest absolute Gasteiger partial charge is 0.465 e. The van der Waals surface area contributed by atoms with Crippen molar-refractivity contribution < 1.29 is 28.3 Å². The highest BCUT2D eigenvalue weighted by Crippen LogP contribution is 2.43. The summed E-state index contributed by atoms with van der Waals surface area (Å²) in [6.07, 6.45) is 3.92. The van der Waals surface area contributed by atoms with Gasteiger partial charge in [0.25, 0.3) is 11.8 Å². The van der Waals surface area contributed by atoms with Gasteiger partial charge in [-0.25, -0.2) is 4.79 Å². The quantitative estimate of drug-likeness (QED) is 0.0635. The number of hydrogen-bond acceptors (Lipinski definition) is 8. The SMILES string of the molecule is COC(=O)c1c(NC(=O)C(C)Sc2ccc(NC(=O)C(=Cc3ccc(-c4ccc(Br)cc4)o3)NC(=O)c3ccccc3)cc2)sc2c1CCC(c1ccccc1)C2. The third-order valence-electron chi connectivity index (χ3n) is 9.53. The summed E-state index contributed by atoms with van der Waals surface area (Å²) in [4.78, 5) is 55.2. The standard InChI is InChI=1S/C45H38BrN3O6S2/c1-27(41(50)49-44-40(45(53)54-2)36-23-15-31(25-39(36)57-44)28-9-5-3-6-10-28)56-35-21-18-33(19-22-35)47-43(52)37(48-42(51)30-11-7-4-8-12-30)26-34-20-24-38(55-34)29-13-16-32(46)17-14-29/h3-14,16-22,24,26-27,31H,15,23,25H2,1-2H3,(H,47,52)(H,48,51)(H,49,50). The van der Waals surface area contributed by atoms with Crippen molar-refractivity contribution in [3.8, 4) is 11.3 Å². The number of fused-ring (bicyclic) bond motifs is 1. The van der Waals surface area contributed by atoms with Crippen LogP contribution in [-0.2, 0) is 27.2 Å². The van der Waals surface area contributed by atoms with Crippen molar-refractivity contribution in [2.24, 2.45) is 0 Å². The van der Waals surface area contributed by atoms with Crippen LogP contribution in [-0.4, -0.2) is 36.1 Å². The van der Waals surface area contributed by atoms with Gasteiger partial charge in [-0.3, -0.25) is 14.4 Å². The highest BCUT2D eigenvalue weighted by Gasteiger charge is 2.31. The second-order valence-electron chi connectivity index (χ2n) is 13.4. The monoisotopic (exact) mass is 859 g/mol. The van der Waals surface area contributed by atoms with Gasteiger partial charge in [-0.2, -0.15) is 0 Å². The van der Waals surface area contributed by atoms with Crippen molar-refractivity contribution in [1.29, 1.82) is 0 Å². The van der Waals surface area contributed by atoms with E-state index in [-0.39, 0.29) is 11.6 Å². The molecule has 0 spiro atoms. The summed E-state index contributed by atoms with van der Waals surface area (Å²) in [6.45, 7) is 1.80. The molecule has 2 atom stereocenters. The molecule has 0 aliphatic heterocycles. The van der Waals surface area contributed by atoms with Gasteiger partial charge in [-0.1, -0.05) is 76.6 Å². The predicted octanol–water partition coefficient (Wildman–Crippen LogP) is 10.4. The Labute approximate surface area is 347 Å². The summed E-state index contributed by atoms with van der Waals surface area (Å²) in [5.41, 5.74) is 4.39. The molecular weight excluding hydrogens is 823 g/mol. The zero-order chi connectivity index (χ0) is 39.9. The van der Waals surface area contributed by atoms with E-state index in [4.69, 9.17) is 9.15 Å². The molecule has 3 amide bonds. The zero-order valence-corrected chi connectivity index (χ0v) is 34.3. The van der Waals surface area contributed by atoms with Crippen LogP contribution in [0.15, 0.2) is 141 Å². The Morgan fingerprint density at radius 1 is 0.877 bits per heavy atom. The van der Waals surface area contributed by atoms with Crippen LogP contribution in [0.2, 0.25) is 0 Å². The first-order valence-corrected chi connectivity index (χ1v) is 20.7. The van der Waals surface area contributed by atoms with Crippen molar-refractivity contribution in [1.82, 2.24) is 5.32 Å². The number of ether oxygens (including phenoxy) is 1. The van der Waals surface area contributed by atoms with E-state index in [0.717, 1.165) is 44.6 Å². The lowest BCUT2D eigenvalue weighted by molar-refractivity contribution is -0.115. The molecule has 0 bridgehead atoms. The molecule has 2 unspecified atom stereocenters. The molecule has 2 aromatic heterocycles. The van der Waals surface area contributed by atoms with Gasteiger partial charge in [0, 0.05) is 37.1 Å². The van der Waals surface area contributed by atoms with Crippen LogP contribution >= 0.6 is 39.0 Å². The van der Waals surface area contributed by atoms with Gasteiger partial charge >= 0.3 is 5.97 Å². The lowest BCUT2D eigenvalue weighted by Crippen LogP contribution is -2.30. The lowest BCUT2D eigenvalue weighted by atomic mass is 9.83. The van der Waals surface area contributed by atoms with Gasteiger partial charge in [-0.05, 0) is 104 Å². The van der Waals surface area contributed by atoms with Crippen LogP contribution in [0.4, 0.5) is 10.7 Å². The zero-order valence-electron chi connectivity index (χ0n) is 31.0. The molecule has 12 heteroatoms. The van der Waals surface area contributed by atoms with Crippen LogP contribution in [0.3, 0.4) is 0 Å². The van der Waals surface area contributed by atoms with Crippen molar-refractivity contribution in [2.75, 3.05) is 17.7 Å². The van der Waals surface area contributed by atoms with Crippen molar-refractivity contribution in [3.63, 3.8) is 0 Å². The molecule has 7 rings (SSSR count). The van der Waals surface area contributed by atoms with E-state index in [2.05, 4.69) is 44.0 Å². The van der Waals surface area contributed by atoms with E-state index >= 15 is 0 Å². The molecule has 0 saturated carbocycles. The molecule has 6 aromatic rings. The molecule has 2 heterocycles. The Hall–Kier alpha value is -5.69. The van der Waals surface area contributed by atoms with Crippen LogP contribution < -0.4 is 16.0 Å². The number of hydrogen-bond donors (Lipinski definition) is 3. The normalized spacial score (nSPS) is 14.2. The fraction of sp³-hybridized carbons (Fsp3) is 0.156. The van der Waals surface area contributed by atoms with E-state index < -0.39 is 23.0 Å². The molecule has 0 radical (unpaired) electrons. The molecule has 1 aliphatic rings. The number of methoxy groups -OCH3 is 1. The number of furan rings is 1. The fourth-order valence-electron chi connectivity index (χ4n) is 6.57. The first kappa shape index (κ1) is 39.5. The second kappa shape index (κ2) is 18.1. The fourth-order valence-corrected chi connectivity index (χ4v) is 9.02. The van der Waals surface area contributed by atoms with Gasteiger partial charge in [0.2, 0.25) is 5.91 Å². The maximum atomic E-state index is 13.7. The van der Waals surface area contributed by atoms with Gasteiger partial charge in [-0.15, -0.1) is 23.1 Å². The Morgan fingerprint density at radius 3 is 2.28 bits per heavy atom. The van der Waals surface area contributed by atoms with Gasteiger partial charge in [0.05, 0.1) is 17.9 Å². The van der Waals surface area contributed by atoms with Crippen molar-refractivity contribution in [2.45, 2.75) is 42.2 Å². The number of carbonyl (C=O) groups is 4. The molecule has 0 fully saturated rings. The minimum absolute atomic E-state index is 0.0125.